The third kappa shape index (κ3) is 4.72. The first kappa shape index (κ1) is 19.5. The van der Waals surface area contributed by atoms with Gasteiger partial charge in [0.2, 0.25) is 0 Å². The van der Waals surface area contributed by atoms with Crippen molar-refractivity contribution in [2.45, 2.75) is 16.7 Å². The highest BCUT2D eigenvalue weighted by Crippen LogP contribution is 2.32. The normalized spacial score (nSPS) is 10.3. The minimum Gasteiger partial charge on any atom is -0.507 e. The first-order valence-electron chi connectivity index (χ1n) is 8.72. The number of nitrogens with one attached hydrogen (secondary N) is 1. The summed E-state index contributed by atoms with van der Waals surface area (Å²) in [5.41, 5.74) is 0.961. The quantitative estimate of drug-likeness (QED) is 0.578. The SMILES string of the molecule is CCOC(=O)c1cc(NC(=O)c2ccccc2O)ccc1Sc1ccccc1. The zero-order valence-electron chi connectivity index (χ0n) is 15.2. The van der Waals surface area contributed by atoms with Gasteiger partial charge in [0.15, 0.2) is 0 Å². The van der Waals surface area contributed by atoms with Crippen LogP contribution < -0.4 is 5.32 Å². The Kier molecular flexibility index (Phi) is 6.34. The van der Waals surface area contributed by atoms with E-state index < -0.39 is 11.9 Å². The molecule has 0 radical (unpaired) electrons. The van der Waals surface area contributed by atoms with Crippen molar-refractivity contribution in [2.24, 2.45) is 0 Å². The topological polar surface area (TPSA) is 75.6 Å². The van der Waals surface area contributed by atoms with Crippen molar-refractivity contribution in [3.05, 3.63) is 83.9 Å². The van der Waals surface area contributed by atoms with Gasteiger partial charge in [-0.1, -0.05) is 42.1 Å². The van der Waals surface area contributed by atoms with Crippen LogP contribution in [0.25, 0.3) is 0 Å². The Bertz CT molecular complexity index is 989. The average Bonchev–Trinajstić information content (AvgIpc) is 2.70. The second kappa shape index (κ2) is 9.10. The summed E-state index contributed by atoms with van der Waals surface area (Å²) in [6.07, 6.45) is 0. The van der Waals surface area contributed by atoms with E-state index in [-0.39, 0.29) is 17.9 Å². The zero-order valence-corrected chi connectivity index (χ0v) is 16.0. The number of benzene rings is 3. The lowest BCUT2D eigenvalue weighted by molar-refractivity contribution is 0.0522. The molecule has 5 nitrogen and oxygen atoms in total. The molecule has 142 valence electrons. The number of carbonyl (C=O) groups excluding carboxylic acids is 2. The third-order valence-corrected chi connectivity index (χ3v) is 4.94. The van der Waals surface area contributed by atoms with Gasteiger partial charge in [-0.25, -0.2) is 4.79 Å². The highest BCUT2D eigenvalue weighted by molar-refractivity contribution is 7.99. The van der Waals surface area contributed by atoms with Crippen molar-refractivity contribution in [1.82, 2.24) is 0 Å². The van der Waals surface area contributed by atoms with Gasteiger partial charge in [0, 0.05) is 15.5 Å². The lowest BCUT2D eigenvalue weighted by atomic mass is 10.1. The van der Waals surface area contributed by atoms with Gasteiger partial charge in [0.1, 0.15) is 5.75 Å². The van der Waals surface area contributed by atoms with Gasteiger partial charge < -0.3 is 15.2 Å². The Labute approximate surface area is 167 Å². The fraction of sp³-hybridized carbons (Fsp3) is 0.0909. The van der Waals surface area contributed by atoms with E-state index in [0.29, 0.717) is 11.3 Å². The molecule has 0 aliphatic carbocycles. The van der Waals surface area contributed by atoms with Crippen LogP contribution >= 0.6 is 11.8 Å². The predicted octanol–water partition coefficient (Wildman–Crippen LogP) is 4.97. The van der Waals surface area contributed by atoms with Crippen molar-refractivity contribution in [3.8, 4) is 5.75 Å². The molecule has 0 heterocycles. The molecule has 0 aromatic heterocycles. The van der Waals surface area contributed by atoms with E-state index in [2.05, 4.69) is 5.32 Å². The molecular formula is C22H19NO4S. The molecule has 6 heteroatoms. The van der Waals surface area contributed by atoms with E-state index in [9.17, 15) is 14.7 Å². The zero-order chi connectivity index (χ0) is 19.9. The summed E-state index contributed by atoms with van der Waals surface area (Å²) in [5, 5.41) is 12.6. The first-order chi connectivity index (χ1) is 13.6. The number of rotatable bonds is 6. The highest BCUT2D eigenvalue weighted by Gasteiger charge is 2.17. The first-order valence-corrected chi connectivity index (χ1v) is 9.53. The molecule has 0 aliphatic rings. The number of ether oxygens (including phenoxy) is 1. The van der Waals surface area contributed by atoms with Gasteiger partial charge in [-0.3, -0.25) is 4.79 Å². The number of hydrogen-bond acceptors (Lipinski definition) is 5. The molecule has 0 atom stereocenters. The highest BCUT2D eigenvalue weighted by atomic mass is 32.2. The van der Waals surface area contributed by atoms with Crippen LogP contribution in [-0.4, -0.2) is 23.6 Å². The average molecular weight is 393 g/mol. The molecule has 3 aromatic rings. The molecular weight excluding hydrogens is 374 g/mol. The van der Waals surface area contributed by atoms with Crippen molar-refractivity contribution in [1.29, 1.82) is 0 Å². The van der Waals surface area contributed by atoms with E-state index in [1.165, 1.54) is 23.9 Å². The fourth-order valence-electron chi connectivity index (χ4n) is 2.54. The predicted molar refractivity (Wildman–Crippen MR) is 109 cm³/mol. The molecule has 0 fully saturated rings. The van der Waals surface area contributed by atoms with E-state index in [4.69, 9.17) is 4.74 Å². The molecule has 0 aliphatic heterocycles. The van der Waals surface area contributed by atoms with Gasteiger partial charge in [-0.2, -0.15) is 0 Å². The third-order valence-electron chi connectivity index (χ3n) is 3.85. The molecule has 3 aromatic carbocycles. The van der Waals surface area contributed by atoms with Crippen LogP contribution in [0, 0.1) is 0 Å². The lowest BCUT2D eigenvalue weighted by Crippen LogP contribution is -2.13. The maximum absolute atomic E-state index is 12.4. The molecule has 28 heavy (non-hydrogen) atoms. The number of phenolic OH excluding ortho intramolecular Hbond substituents is 1. The van der Waals surface area contributed by atoms with Crippen molar-refractivity contribution in [3.63, 3.8) is 0 Å². The molecule has 0 saturated carbocycles. The number of esters is 1. The number of carbonyl (C=O) groups is 2. The van der Waals surface area contributed by atoms with Crippen LogP contribution in [0.5, 0.6) is 5.75 Å². The monoisotopic (exact) mass is 393 g/mol. The largest absolute Gasteiger partial charge is 0.507 e. The Morgan fingerprint density at radius 3 is 2.39 bits per heavy atom. The van der Waals surface area contributed by atoms with E-state index in [0.717, 1.165) is 9.79 Å². The summed E-state index contributed by atoms with van der Waals surface area (Å²) in [5.74, 6) is -1.03. The Morgan fingerprint density at radius 2 is 1.68 bits per heavy atom. The Balaban J connectivity index is 1.89. The summed E-state index contributed by atoms with van der Waals surface area (Å²) < 4.78 is 5.17. The van der Waals surface area contributed by atoms with Gasteiger partial charge in [-0.05, 0) is 49.4 Å². The number of anilines is 1. The van der Waals surface area contributed by atoms with E-state index >= 15 is 0 Å². The van der Waals surface area contributed by atoms with E-state index in [1.54, 1.807) is 37.3 Å². The standard InChI is InChI=1S/C22H19NO4S/c1-2-27-22(26)18-14-15(23-21(25)17-10-6-7-11-19(17)24)12-13-20(18)28-16-8-4-3-5-9-16/h3-14,24H,2H2,1H3,(H,23,25). The summed E-state index contributed by atoms with van der Waals surface area (Å²) in [6.45, 7) is 1.99. The van der Waals surface area contributed by atoms with Gasteiger partial charge in [0.25, 0.3) is 5.91 Å². The number of hydrogen-bond donors (Lipinski definition) is 2. The van der Waals surface area contributed by atoms with Crippen molar-refractivity contribution in [2.75, 3.05) is 11.9 Å². The second-order valence-electron chi connectivity index (χ2n) is 5.82. The molecule has 0 unspecified atom stereocenters. The maximum atomic E-state index is 12.4. The van der Waals surface area contributed by atoms with Crippen LogP contribution in [-0.2, 0) is 4.74 Å². The number of amides is 1. The van der Waals surface area contributed by atoms with Gasteiger partial charge in [0.05, 0.1) is 17.7 Å². The van der Waals surface area contributed by atoms with Crippen LogP contribution in [0.4, 0.5) is 5.69 Å². The van der Waals surface area contributed by atoms with Crippen molar-refractivity contribution < 1.29 is 19.4 Å². The number of aromatic hydroxyl groups is 1. The maximum Gasteiger partial charge on any atom is 0.339 e. The fourth-order valence-corrected chi connectivity index (χ4v) is 3.48. The number of phenols is 1. The minimum absolute atomic E-state index is 0.109. The van der Waals surface area contributed by atoms with Gasteiger partial charge >= 0.3 is 5.97 Å². The van der Waals surface area contributed by atoms with E-state index in [1.807, 2.05) is 30.3 Å². The smallest absolute Gasteiger partial charge is 0.339 e. The summed E-state index contributed by atoms with van der Waals surface area (Å²) in [7, 11) is 0. The summed E-state index contributed by atoms with van der Waals surface area (Å²) in [4.78, 5) is 26.6. The molecule has 3 rings (SSSR count). The second-order valence-corrected chi connectivity index (χ2v) is 6.93. The summed E-state index contributed by atoms with van der Waals surface area (Å²) in [6, 6.07) is 21.0. The minimum atomic E-state index is -0.462. The van der Waals surface area contributed by atoms with Crippen LogP contribution in [0.3, 0.4) is 0 Å². The van der Waals surface area contributed by atoms with Crippen LogP contribution in [0.2, 0.25) is 0 Å². The van der Waals surface area contributed by atoms with Crippen LogP contribution in [0.15, 0.2) is 82.6 Å². The molecule has 0 spiro atoms. The Hall–Kier alpha value is -3.25. The molecule has 0 saturated heterocycles. The Morgan fingerprint density at radius 1 is 0.964 bits per heavy atom. The molecule has 2 N–H and O–H groups in total. The summed E-state index contributed by atoms with van der Waals surface area (Å²) >= 11 is 1.44. The molecule has 1 amide bonds. The van der Waals surface area contributed by atoms with Crippen molar-refractivity contribution >= 4 is 29.3 Å². The lowest BCUT2D eigenvalue weighted by Gasteiger charge is -2.12. The molecule has 0 bridgehead atoms. The number of para-hydroxylation sites is 1. The van der Waals surface area contributed by atoms with Crippen LogP contribution in [0.1, 0.15) is 27.6 Å². The van der Waals surface area contributed by atoms with Gasteiger partial charge in [-0.15, -0.1) is 0 Å².